The van der Waals surface area contributed by atoms with Crippen LogP contribution in [0.4, 0.5) is 0 Å². The first-order valence-electron chi connectivity index (χ1n) is 17.9. The Morgan fingerprint density at radius 3 is 0.595 bits per heavy atom. The zero-order valence-electron chi connectivity index (χ0n) is 29.3. The van der Waals surface area contributed by atoms with E-state index < -0.39 is 11.9 Å². The quantitative estimate of drug-likeness (QED) is 0.0890. The summed E-state index contributed by atoms with van der Waals surface area (Å²) in [7, 11) is 0. The second-order valence-electron chi connectivity index (χ2n) is 12.1. The summed E-state index contributed by atoms with van der Waals surface area (Å²) in [6.07, 6.45) is 39.7. The van der Waals surface area contributed by atoms with Gasteiger partial charge in [-0.05, 0) is 25.7 Å². The van der Waals surface area contributed by atoms with E-state index in [1.165, 1.54) is 167 Å². The van der Waals surface area contributed by atoms with Crippen molar-refractivity contribution in [2.24, 2.45) is 0 Å². The van der Waals surface area contributed by atoms with Crippen LogP contribution in [0.1, 0.15) is 219 Å². The number of hydrogen-bond acceptors (Lipinski definition) is 4. The van der Waals surface area contributed by atoms with E-state index in [4.69, 9.17) is 0 Å². The molecule has 0 saturated carbocycles. The number of carbonyl (C=O) groups is 2. The molecule has 6 heteroatoms. The molecular weight excluding hydrogens is 510 g/mol. The molecule has 42 heavy (non-hydrogen) atoms. The summed E-state index contributed by atoms with van der Waals surface area (Å²) in [5.41, 5.74) is 0. The van der Waals surface area contributed by atoms with E-state index in [0.717, 1.165) is 25.7 Å². The van der Waals surface area contributed by atoms with Gasteiger partial charge in [-0.3, -0.25) is 0 Å². The van der Waals surface area contributed by atoms with Gasteiger partial charge in [-0.1, -0.05) is 194 Å². The molecule has 0 aliphatic heterocycles. The summed E-state index contributed by atoms with van der Waals surface area (Å²) in [6, 6.07) is 0. The molecule has 240 valence electrons. The Morgan fingerprint density at radius 2 is 0.452 bits per heavy atom. The molecule has 0 aromatic carbocycles. The molecule has 0 heterocycles. The molecular formula is C36H70Li2O4. The first-order chi connectivity index (χ1) is 19.5. The van der Waals surface area contributed by atoms with Gasteiger partial charge in [0.25, 0.3) is 0 Å². The van der Waals surface area contributed by atoms with E-state index in [0.29, 0.717) is 0 Å². The molecule has 0 fully saturated rings. The fourth-order valence-corrected chi connectivity index (χ4v) is 5.28. The van der Waals surface area contributed by atoms with Crippen molar-refractivity contribution in [3.05, 3.63) is 0 Å². The average Bonchev–Trinajstić information content (AvgIpc) is 2.93. The minimum atomic E-state index is -0.903. The van der Waals surface area contributed by atoms with Crippen LogP contribution in [0.15, 0.2) is 0 Å². The second-order valence-corrected chi connectivity index (χ2v) is 12.1. The molecule has 0 aliphatic carbocycles. The number of carboxylic acid groups (broad SMARTS) is 2. The van der Waals surface area contributed by atoms with Gasteiger partial charge < -0.3 is 19.8 Å². The maximum Gasteiger partial charge on any atom is 1.00 e. The smallest absolute Gasteiger partial charge is 0.550 e. The molecule has 0 unspecified atom stereocenters. The van der Waals surface area contributed by atoms with Crippen molar-refractivity contribution in [1.29, 1.82) is 0 Å². The van der Waals surface area contributed by atoms with Crippen LogP contribution in [-0.2, 0) is 9.59 Å². The van der Waals surface area contributed by atoms with Crippen molar-refractivity contribution in [1.82, 2.24) is 0 Å². The summed E-state index contributed by atoms with van der Waals surface area (Å²) in [6.45, 7) is 4.53. The van der Waals surface area contributed by atoms with Crippen molar-refractivity contribution in [2.75, 3.05) is 0 Å². The van der Waals surface area contributed by atoms with Gasteiger partial charge in [0.15, 0.2) is 0 Å². The normalized spacial score (nSPS) is 10.3. The predicted molar refractivity (Wildman–Crippen MR) is 169 cm³/mol. The summed E-state index contributed by atoms with van der Waals surface area (Å²) in [4.78, 5) is 20.4. The molecule has 0 radical (unpaired) electrons. The zero-order chi connectivity index (χ0) is 29.8. The third kappa shape index (κ3) is 52.8. The number of aliphatic carboxylic acids is 2. The van der Waals surface area contributed by atoms with Gasteiger partial charge >= 0.3 is 37.7 Å². The molecule has 0 bridgehead atoms. The van der Waals surface area contributed by atoms with Gasteiger partial charge in [0, 0.05) is 11.9 Å². The summed E-state index contributed by atoms with van der Waals surface area (Å²) in [5, 5.41) is 20.4. The third-order valence-electron chi connectivity index (χ3n) is 7.97. The molecule has 0 aliphatic rings. The van der Waals surface area contributed by atoms with E-state index in [9.17, 15) is 19.8 Å². The maximum absolute atomic E-state index is 10.2. The summed E-state index contributed by atoms with van der Waals surface area (Å²) < 4.78 is 0. The van der Waals surface area contributed by atoms with Crippen molar-refractivity contribution >= 4 is 11.9 Å². The molecule has 4 nitrogen and oxygen atoms in total. The van der Waals surface area contributed by atoms with Crippen LogP contribution in [0.5, 0.6) is 0 Å². The van der Waals surface area contributed by atoms with Crippen molar-refractivity contribution in [2.45, 2.75) is 219 Å². The Morgan fingerprint density at radius 1 is 0.310 bits per heavy atom. The van der Waals surface area contributed by atoms with E-state index in [1.54, 1.807) is 0 Å². The second kappa shape index (κ2) is 45.6. The van der Waals surface area contributed by atoms with Gasteiger partial charge in [-0.2, -0.15) is 0 Å². The van der Waals surface area contributed by atoms with Crippen LogP contribution in [0, 0.1) is 0 Å². The molecule has 0 amide bonds. The fourth-order valence-electron chi connectivity index (χ4n) is 5.28. The fraction of sp³-hybridized carbons (Fsp3) is 0.944. The van der Waals surface area contributed by atoms with E-state index in [2.05, 4.69) is 13.8 Å². The van der Waals surface area contributed by atoms with Gasteiger partial charge in [0.2, 0.25) is 0 Å². The Bertz CT molecular complexity index is 459. The Balaban J connectivity index is -0.000000328. The van der Waals surface area contributed by atoms with E-state index in [-0.39, 0.29) is 50.6 Å². The molecule has 0 saturated heterocycles. The van der Waals surface area contributed by atoms with Crippen molar-refractivity contribution in [3.63, 3.8) is 0 Å². The Kier molecular flexibility index (Phi) is 53.2. The number of rotatable bonds is 32. The molecule has 0 aromatic heterocycles. The van der Waals surface area contributed by atoms with Gasteiger partial charge in [-0.15, -0.1) is 0 Å². The van der Waals surface area contributed by atoms with Crippen LogP contribution in [0.25, 0.3) is 0 Å². The SMILES string of the molecule is CCCCCCCCCCCCCCCCCC(=O)[O-].CCCCCCCCCCCCCCCCCC(=O)[O-].[Li+].[Li+]. The van der Waals surface area contributed by atoms with Crippen molar-refractivity contribution < 1.29 is 57.5 Å². The average molecular weight is 581 g/mol. The van der Waals surface area contributed by atoms with Crippen molar-refractivity contribution in [3.8, 4) is 0 Å². The Labute approximate surface area is 287 Å². The van der Waals surface area contributed by atoms with E-state index in [1.807, 2.05) is 0 Å². The van der Waals surface area contributed by atoms with Gasteiger partial charge in [0.1, 0.15) is 0 Å². The van der Waals surface area contributed by atoms with Gasteiger partial charge in [0.05, 0.1) is 0 Å². The van der Waals surface area contributed by atoms with Crippen LogP contribution < -0.4 is 47.9 Å². The molecule has 0 spiro atoms. The van der Waals surface area contributed by atoms with Crippen LogP contribution in [-0.4, -0.2) is 11.9 Å². The number of hydrogen-bond donors (Lipinski definition) is 0. The standard InChI is InChI=1S/2C18H36O2.2Li/c2*1-2-3-4-5-6-7-8-9-10-11-12-13-14-15-16-17-18(19)20;;/h2*2-17H2,1H3,(H,19,20);;/q;;2*+1/p-2. The minimum Gasteiger partial charge on any atom is -0.550 e. The third-order valence-corrected chi connectivity index (χ3v) is 7.97. The summed E-state index contributed by atoms with van der Waals surface area (Å²) >= 11 is 0. The summed E-state index contributed by atoms with van der Waals surface area (Å²) in [5.74, 6) is -1.81. The first-order valence-corrected chi connectivity index (χ1v) is 17.9. The topological polar surface area (TPSA) is 80.3 Å². The van der Waals surface area contributed by atoms with Crippen LogP contribution in [0.2, 0.25) is 0 Å². The maximum atomic E-state index is 10.2. The molecule has 0 rings (SSSR count). The van der Waals surface area contributed by atoms with Crippen LogP contribution >= 0.6 is 0 Å². The van der Waals surface area contributed by atoms with E-state index >= 15 is 0 Å². The predicted octanol–water partition coefficient (Wildman–Crippen LogP) is 4.00. The van der Waals surface area contributed by atoms with Gasteiger partial charge in [-0.25, -0.2) is 0 Å². The van der Waals surface area contributed by atoms with Crippen LogP contribution in [0.3, 0.4) is 0 Å². The number of unbranched alkanes of at least 4 members (excludes halogenated alkanes) is 28. The largest absolute Gasteiger partial charge is 1.00 e. The monoisotopic (exact) mass is 581 g/mol. The molecule has 0 aromatic rings. The Hall–Kier alpha value is 0.135. The molecule has 0 N–H and O–H groups in total. The minimum absolute atomic E-state index is 0. The number of carbonyl (C=O) groups excluding carboxylic acids is 2. The molecule has 0 atom stereocenters. The number of carboxylic acids is 2. The first kappa shape index (κ1) is 49.0. The zero-order valence-corrected chi connectivity index (χ0v) is 29.3.